The molecule has 0 heterocycles. The molecule has 4 nitrogen and oxygen atoms in total. The van der Waals surface area contributed by atoms with E-state index in [1.807, 2.05) is 0 Å². The van der Waals surface area contributed by atoms with Crippen LogP contribution in [0.3, 0.4) is 0 Å². The third-order valence-electron chi connectivity index (χ3n) is 3.34. The largest absolute Gasteiger partial charge is 0.440 e. The molecule has 0 bridgehead atoms. The summed E-state index contributed by atoms with van der Waals surface area (Å²) in [7, 11) is -6.80. The molecule has 11 heteroatoms. The zero-order valence-electron chi connectivity index (χ0n) is 12.1. The summed E-state index contributed by atoms with van der Waals surface area (Å²) in [6.07, 6.45) is -5.87. The molecule has 0 spiro atoms. The third-order valence-corrected chi connectivity index (χ3v) is 4.25. The Morgan fingerprint density at radius 2 is 1.48 bits per heavy atom. The fourth-order valence-corrected chi connectivity index (χ4v) is 2.45. The van der Waals surface area contributed by atoms with E-state index in [2.05, 4.69) is 4.74 Å². The Morgan fingerprint density at radius 1 is 0.920 bits per heavy atom. The van der Waals surface area contributed by atoms with Gasteiger partial charge in [0.25, 0.3) is 0 Å². The summed E-state index contributed by atoms with van der Waals surface area (Å²) in [6.45, 7) is -1.20. The molecule has 0 radical (unpaired) electrons. The van der Waals surface area contributed by atoms with Crippen LogP contribution in [-0.2, 0) is 21.5 Å². The first-order chi connectivity index (χ1) is 11.3. The summed E-state index contributed by atoms with van der Waals surface area (Å²) in [5, 5.41) is -5.53. The SMILES string of the molecule is O=S(=O)(O)C(F)(F)C(F)(F)C(F)(F)OCc1cccc2ccccc12. The van der Waals surface area contributed by atoms with Crippen LogP contribution >= 0.6 is 0 Å². The topological polar surface area (TPSA) is 63.6 Å². The van der Waals surface area contributed by atoms with Gasteiger partial charge in [-0.05, 0) is 16.3 Å². The average molecular weight is 388 g/mol. The molecule has 0 aromatic heterocycles. The number of alkyl halides is 6. The van der Waals surface area contributed by atoms with Crippen molar-refractivity contribution >= 4 is 20.9 Å². The normalized spacial score (nSPS) is 14.0. The second-order valence-corrected chi connectivity index (χ2v) is 6.47. The van der Waals surface area contributed by atoms with Gasteiger partial charge < -0.3 is 4.74 Å². The lowest BCUT2D eigenvalue weighted by molar-refractivity contribution is -0.386. The number of rotatable bonds is 6. The summed E-state index contributed by atoms with van der Waals surface area (Å²) in [4.78, 5) is 0. The molecule has 0 amide bonds. The first-order valence-corrected chi connectivity index (χ1v) is 7.96. The maximum atomic E-state index is 13.5. The van der Waals surface area contributed by atoms with E-state index in [9.17, 15) is 34.8 Å². The second kappa shape index (κ2) is 6.15. The van der Waals surface area contributed by atoms with Gasteiger partial charge in [0.05, 0.1) is 6.61 Å². The van der Waals surface area contributed by atoms with Crippen LogP contribution in [0.5, 0.6) is 0 Å². The van der Waals surface area contributed by atoms with Crippen molar-refractivity contribution in [2.45, 2.75) is 23.9 Å². The van der Waals surface area contributed by atoms with E-state index in [4.69, 9.17) is 4.55 Å². The van der Waals surface area contributed by atoms with Crippen LogP contribution in [0.2, 0.25) is 0 Å². The fraction of sp³-hybridized carbons (Fsp3) is 0.286. The molecular formula is C14H10F6O4S. The van der Waals surface area contributed by atoms with E-state index in [0.29, 0.717) is 10.8 Å². The Balaban J connectivity index is 2.32. The standard InChI is InChI=1S/C14H10F6O4S/c15-12(16,14(19,20)25(21,22)23)13(17,18)24-8-10-6-3-5-9-4-1-2-7-11(9)10/h1-7H,8H2,(H,21,22,23). The number of benzene rings is 2. The van der Waals surface area contributed by atoms with Crippen molar-refractivity contribution in [2.75, 3.05) is 0 Å². The third kappa shape index (κ3) is 3.31. The van der Waals surface area contributed by atoms with Crippen molar-refractivity contribution in [3.63, 3.8) is 0 Å². The first kappa shape index (κ1) is 19.5. The summed E-state index contributed by atoms with van der Waals surface area (Å²) in [5.74, 6) is -6.50. The Hall–Kier alpha value is -1.85. The second-order valence-electron chi connectivity index (χ2n) is 5.01. The summed E-state index contributed by atoms with van der Waals surface area (Å²) < 4.78 is 112. The van der Waals surface area contributed by atoms with E-state index in [1.54, 1.807) is 18.2 Å². The van der Waals surface area contributed by atoms with Crippen molar-refractivity contribution in [3.05, 3.63) is 48.0 Å². The molecule has 0 aliphatic heterocycles. The molecule has 0 aliphatic carbocycles. The average Bonchev–Trinajstić information content (AvgIpc) is 2.51. The first-order valence-electron chi connectivity index (χ1n) is 6.52. The minimum Gasteiger partial charge on any atom is -0.311 e. The lowest BCUT2D eigenvalue weighted by Crippen LogP contribution is -2.58. The van der Waals surface area contributed by atoms with Crippen molar-refractivity contribution in [1.82, 2.24) is 0 Å². The van der Waals surface area contributed by atoms with Crippen LogP contribution in [0.25, 0.3) is 10.8 Å². The molecule has 0 saturated heterocycles. The van der Waals surface area contributed by atoms with E-state index >= 15 is 0 Å². The zero-order chi connectivity index (χ0) is 19.1. The minimum atomic E-state index is -6.80. The summed E-state index contributed by atoms with van der Waals surface area (Å²) in [6, 6.07) is 10.5. The lowest BCUT2D eigenvalue weighted by atomic mass is 10.1. The van der Waals surface area contributed by atoms with Crippen LogP contribution in [0.4, 0.5) is 26.3 Å². The van der Waals surface area contributed by atoms with Gasteiger partial charge in [-0.15, -0.1) is 0 Å². The number of ether oxygens (including phenoxy) is 1. The summed E-state index contributed by atoms with van der Waals surface area (Å²) >= 11 is 0. The quantitative estimate of drug-likeness (QED) is 0.599. The van der Waals surface area contributed by atoms with Gasteiger partial charge in [-0.25, -0.2) is 0 Å². The highest BCUT2D eigenvalue weighted by Crippen LogP contribution is 2.48. The Bertz CT molecular complexity index is 877. The van der Waals surface area contributed by atoms with Crippen molar-refractivity contribution in [3.8, 4) is 0 Å². The molecule has 0 fully saturated rings. The monoisotopic (exact) mass is 388 g/mol. The van der Waals surface area contributed by atoms with Gasteiger partial charge in [-0.3, -0.25) is 4.55 Å². The van der Waals surface area contributed by atoms with Gasteiger partial charge in [-0.2, -0.15) is 34.8 Å². The predicted molar refractivity (Wildman–Crippen MR) is 75.1 cm³/mol. The Labute approximate surface area is 137 Å². The molecule has 2 rings (SSSR count). The molecule has 0 aliphatic rings. The number of fused-ring (bicyclic) bond motifs is 1. The summed E-state index contributed by atoms with van der Waals surface area (Å²) in [5.41, 5.74) is -0.0104. The van der Waals surface area contributed by atoms with E-state index < -0.39 is 34.0 Å². The predicted octanol–water partition coefficient (Wildman–Crippen LogP) is 4.07. The maximum absolute atomic E-state index is 13.5. The molecule has 0 unspecified atom stereocenters. The van der Waals surface area contributed by atoms with Gasteiger partial charge in [0.1, 0.15) is 0 Å². The highest BCUT2D eigenvalue weighted by Gasteiger charge is 2.78. The molecule has 25 heavy (non-hydrogen) atoms. The number of hydrogen-bond donors (Lipinski definition) is 1. The van der Waals surface area contributed by atoms with Crippen LogP contribution in [-0.4, -0.2) is 30.3 Å². The van der Waals surface area contributed by atoms with E-state index in [-0.39, 0.29) is 5.56 Å². The van der Waals surface area contributed by atoms with Crippen molar-refractivity contribution < 1.29 is 44.0 Å². The van der Waals surface area contributed by atoms with Gasteiger partial charge in [0.2, 0.25) is 0 Å². The van der Waals surface area contributed by atoms with E-state index in [0.717, 1.165) is 0 Å². The molecular weight excluding hydrogens is 378 g/mol. The molecule has 2 aromatic rings. The van der Waals surface area contributed by atoms with Crippen molar-refractivity contribution in [1.29, 1.82) is 0 Å². The molecule has 0 saturated carbocycles. The van der Waals surface area contributed by atoms with Gasteiger partial charge in [0, 0.05) is 0 Å². The molecule has 138 valence electrons. The Kier molecular flexibility index (Phi) is 4.79. The molecule has 0 atom stereocenters. The van der Waals surface area contributed by atoms with Crippen molar-refractivity contribution in [2.24, 2.45) is 0 Å². The highest BCUT2D eigenvalue weighted by atomic mass is 32.2. The smallest absolute Gasteiger partial charge is 0.311 e. The highest BCUT2D eigenvalue weighted by molar-refractivity contribution is 7.87. The van der Waals surface area contributed by atoms with Gasteiger partial charge >= 0.3 is 27.4 Å². The number of halogens is 6. The minimum absolute atomic E-state index is 0.0104. The van der Waals surface area contributed by atoms with E-state index in [1.165, 1.54) is 24.3 Å². The molecule has 2 aromatic carbocycles. The van der Waals surface area contributed by atoms with Crippen LogP contribution < -0.4 is 0 Å². The van der Waals surface area contributed by atoms with Crippen LogP contribution in [0.1, 0.15) is 5.56 Å². The van der Waals surface area contributed by atoms with Gasteiger partial charge in [0.15, 0.2) is 0 Å². The lowest BCUT2D eigenvalue weighted by Gasteiger charge is -2.30. The van der Waals surface area contributed by atoms with Crippen LogP contribution in [0.15, 0.2) is 42.5 Å². The maximum Gasteiger partial charge on any atom is 0.440 e. The van der Waals surface area contributed by atoms with Crippen LogP contribution in [0, 0.1) is 0 Å². The van der Waals surface area contributed by atoms with Gasteiger partial charge in [-0.1, -0.05) is 42.5 Å². The fourth-order valence-electron chi connectivity index (χ4n) is 2.01. The Morgan fingerprint density at radius 3 is 2.08 bits per heavy atom. The zero-order valence-corrected chi connectivity index (χ0v) is 12.9. The number of hydrogen-bond acceptors (Lipinski definition) is 3. The molecule has 1 N–H and O–H groups in total.